The molecule has 0 saturated heterocycles. The molecule has 0 fully saturated rings. The van der Waals surface area contributed by atoms with Crippen LogP contribution >= 0.6 is 0 Å². The van der Waals surface area contributed by atoms with Crippen molar-refractivity contribution in [2.75, 3.05) is 11.9 Å². The van der Waals surface area contributed by atoms with Crippen molar-refractivity contribution in [3.8, 4) is 5.75 Å². The fourth-order valence-electron chi connectivity index (χ4n) is 1.77. The number of amides is 1. The predicted octanol–water partition coefficient (Wildman–Crippen LogP) is 2.58. The molecule has 0 aliphatic carbocycles. The summed E-state index contributed by atoms with van der Waals surface area (Å²) in [6, 6.07) is 11.7. The first kappa shape index (κ1) is 13.5. The number of phenolic OH excluding ortho intramolecular Hbond substituents is 1. The number of nitrogens with zero attached hydrogens (tertiary/aromatic N) is 2. The highest BCUT2D eigenvalue weighted by Crippen LogP contribution is 2.21. The molecule has 6 heteroatoms. The highest BCUT2D eigenvalue weighted by molar-refractivity contribution is 6.06. The van der Waals surface area contributed by atoms with Crippen LogP contribution in [0.5, 0.6) is 5.75 Å². The summed E-state index contributed by atoms with van der Waals surface area (Å²) in [5.74, 6) is -0.347. The van der Waals surface area contributed by atoms with E-state index in [-0.39, 0.29) is 22.9 Å². The van der Waals surface area contributed by atoms with Crippen LogP contribution < -0.4 is 4.90 Å². The second-order valence-electron chi connectivity index (χ2n) is 4.19. The summed E-state index contributed by atoms with van der Waals surface area (Å²) in [7, 11) is 1.54. The van der Waals surface area contributed by atoms with Crippen LogP contribution in [0, 0.1) is 10.1 Å². The van der Waals surface area contributed by atoms with Gasteiger partial charge in [-0.1, -0.05) is 12.1 Å². The molecule has 6 nitrogen and oxygen atoms in total. The topological polar surface area (TPSA) is 83.7 Å². The van der Waals surface area contributed by atoms with Gasteiger partial charge in [-0.25, -0.2) is 0 Å². The molecule has 0 aliphatic rings. The zero-order chi connectivity index (χ0) is 14.7. The molecular formula is C14H12N2O4. The average molecular weight is 272 g/mol. The zero-order valence-corrected chi connectivity index (χ0v) is 10.7. The van der Waals surface area contributed by atoms with Crippen molar-refractivity contribution in [3.05, 3.63) is 64.2 Å². The van der Waals surface area contributed by atoms with Crippen molar-refractivity contribution in [1.29, 1.82) is 0 Å². The number of rotatable bonds is 3. The van der Waals surface area contributed by atoms with Gasteiger partial charge in [0.05, 0.1) is 4.92 Å². The SMILES string of the molecule is CN(C(=O)c1cccc([N+](=O)[O-])c1)c1cccc(O)c1. The quantitative estimate of drug-likeness (QED) is 0.687. The lowest BCUT2D eigenvalue weighted by molar-refractivity contribution is -0.384. The number of carbonyl (C=O) groups is 1. The van der Waals surface area contributed by atoms with Crippen molar-refractivity contribution in [2.24, 2.45) is 0 Å². The minimum absolute atomic E-state index is 0.0428. The molecule has 2 aromatic carbocycles. The van der Waals surface area contributed by atoms with Gasteiger partial charge in [-0.15, -0.1) is 0 Å². The Labute approximate surface area is 115 Å². The van der Waals surface area contributed by atoms with Gasteiger partial charge in [0.2, 0.25) is 0 Å². The van der Waals surface area contributed by atoms with Gasteiger partial charge in [-0.2, -0.15) is 0 Å². The fourth-order valence-corrected chi connectivity index (χ4v) is 1.77. The summed E-state index contributed by atoms with van der Waals surface area (Å²) >= 11 is 0. The lowest BCUT2D eigenvalue weighted by atomic mass is 10.1. The maximum Gasteiger partial charge on any atom is 0.270 e. The number of anilines is 1. The molecule has 0 atom stereocenters. The number of phenols is 1. The van der Waals surface area contributed by atoms with Gasteiger partial charge in [-0.05, 0) is 18.2 Å². The van der Waals surface area contributed by atoms with Gasteiger partial charge in [-0.3, -0.25) is 14.9 Å². The van der Waals surface area contributed by atoms with E-state index in [2.05, 4.69) is 0 Å². The van der Waals surface area contributed by atoms with Gasteiger partial charge in [0.1, 0.15) is 5.75 Å². The molecule has 20 heavy (non-hydrogen) atoms. The Bertz CT molecular complexity index is 670. The van der Waals surface area contributed by atoms with Crippen LogP contribution in [0.3, 0.4) is 0 Å². The molecule has 0 aliphatic heterocycles. The molecule has 2 aromatic rings. The van der Waals surface area contributed by atoms with Crippen LogP contribution in [-0.2, 0) is 0 Å². The maximum atomic E-state index is 12.3. The molecule has 0 aromatic heterocycles. The first-order valence-corrected chi connectivity index (χ1v) is 5.80. The summed E-state index contributed by atoms with van der Waals surface area (Å²) in [6.45, 7) is 0. The number of aromatic hydroxyl groups is 1. The second-order valence-corrected chi connectivity index (χ2v) is 4.19. The van der Waals surface area contributed by atoms with E-state index in [0.29, 0.717) is 5.69 Å². The normalized spacial score (nSPS) is 10.1. The van der Waals surface area contributed by atoms with Crippen LogP contribution in [0.2, 0.25) is 0 Å². The lowest BCUT2D eigenvalue weighted by Gasteiger charge is -2.17. The van der Waals surface area contributed by atoms with Crippen LogP contribution in [0.4, 0.5) is 11.4 Å². The summed E-state index contributed by atoms with van der Waals surface area (Å²) in [5.41, 5.74) is 0.576. The monoisotopic (exact) mass is 272 g/mol. The van der Waals surface area contributed by atoms with E-state index in [1.54, 1.807) is 12.1 Å². The molecule has 1 N–H and O–H groups in total. The van der Waals surface area contributed by atoms with Crippen LogP contribution in [0.15, 0.2) is 48.5 Å². The van der Waals surface area contributed by atoms with E-state index in [1.807, 2.05) is 0 Å². The van der Waals surface area contributed by atoms with Crippen LogP contribution in [-0.4, -0.2) is 23.0 Å². The molecule has 102 valence electrons. The number of non-ortho nitro benzene ring substituents is 1. The van der Waals surface area contributed by atoms with E-state index >= 15 is 0 Å². The third kappa shape index (κ3) is 2.74. The van der Waals surface area contributed by atoms with Crippen molar-refractivity contribution in [1.82, 2.24) is 0 Å². The van der Waals surface area contributed by atoms with Gasteiger partial charge in [0.15, 0.2) is 0 Å². The van der Waals surface area contributed by atoms with Gasteiger partial charge >= 0.3 is 0 Å². The zero-order valence-electron chi connectivity index (χ0n) is 10.7. The third-order valence-electron chi connectivity index (χ3n) is 2.83. The Hall–Kier alpha value is -2.89. The summed E-state index contributed by atoms with van der Waals surface area (Å²) < 4.78 is 0. The minimum Gasteiger partial charge on any atom is -0.508 e. The Balaban J connectivity index is 2.31. The smallest absolute Gasteiger partial charge is 0.270 e. The van der Waals surface area contributed by atoms with Gasteiger partial charge < -0.3 is 10.0 Å². The fraction of sp³-hybridized carbons (Fsp3) is 0.0714. The van der Waals surface area contributed by atoms with E-state index < -0.39 is 4.92 Å². The van der Waals surface area contributed by atoms with E-state index in [1.165, 1.54) is 48.3 Å². The molecule has 0 bridgehead atoms. The lowest BCUT2D eigenvalue weighted by Crippen LogP contribution is -2.26. The van der Waals surface area contributed by atoms with Crippen LogP contribution in [0.1, 0.15) is 10.4 Å². The van der Waals surface area contributed by atoms with E-state index in [9.17, 15) is 20.0 Å². The number of nitro groups is 1. The summed E-state index contributed by atoms with van der Waals surface area (Å²) in [6.07, 6.45) is 0. The van der Waals surface area contributed by atoms with E-state index in [0.717, 1.165) is 0 Å². The van der Waals surface area contributed by atoms with Gasteiger partial charge in [0, 0.05) is 36.5 Å². The highest BCUT2D eigenvalue weighted by atomic mass is 16.6. The van der Waals surface area contributed by atoms with Crippen molar-refractivity contribution in [2.45, 2.75) is 0 Å². The Morgan fingerprint density at radius 1 is 1.20 bits per heavy atom. The molecule has 0 radical (unpaired) electrons. The molecule has 0 saturated carbocycles. The van der Waals surface area contributed by atoms with Crippen LogP contribution in [0.25, 0.3) is 0 Å². The highest BCUT2D eigenvalue weighted by Gasteiger charge is 2.16. The Morgan fingerprint density at radius 2 is 1.90 bits per heavy atom. The molecule has 0 heterocycles. The molecular weight excluding hydrogens is 260 g/mol. The Kier molecular flexibility index (Phi) is 3.65. The number of benzene rings is 2. The third-order valence-corrected chi connectivity index (χ3v) is 2.83. The number of hydrogen-bond acceptors (Lipinski definition) is 4. The standard InChI is InChI=1S/C14H12N2O4/c1-15(11-5-3-7-13(17)9-11)14(18)10-4-2-6-12(8-10)16(19)20/h2-9,17H,1H3. The molecule has 0 spiro atoms. The number of hydrogen-bond donors (Lipinski definition) is 1. The summed E-state index contributed by atoms with van der Waals surface area (Å²) in [5, 5.41) is 20.1. The molecule has 0 unspecified atom stereocenters. The number of nitro benzene ring substituents is 1. The first-order chi connectivity index (χ1) is 9.49. The minimum atomic E-state index is -0.550. The van der Waals surface area contributed by atoms with Crippen molar-refractivity contribution in [3.63, 3.8) is 0 Å². The largest absolute Gasteiger partial charge is 0.508 e. The second kappa shape index (κ2) is 5.40. The maximum absolute atomic E-state index is 12.3. The average Bonchev–Trinajstić information content (AvgIpc) is 2.45. The van der Waals surface area contributed by atoms with Crippen molar-refractivity contribution < 1.29 is 14.8 Å². The van der Waals surface area contributed by atoms with E-state index in [4.69, 9.17) is 0 Å². The first-order valence-electron chi connectivity index (χ1n) is 5.80. The molecule has 2 rings (SSSR count). The predicted molar refractivity (Wildman–Crippen MR) is 73.9 cm³/mol. The summed E-state index contributed by atoms with van der Waals surface area (Å²) in [4.78, 5) is 23.7. The van der Waals surface area contributed by atoms with Crippen molar-refractivity contribution >= 4 is 17.3 Å². The number of carbonyl (C=O) groups excluding carboxylic acids is 1. The van der Waals surface area contributed by atoms with Gasteiger partial charge in [0.25, 0.3) is 11.6 Å². The molecule has 1 amide bonds. The Morgan fingerprint density at radius 3 is 2.55 bits per heavy atom.